The van der Waals surface area contributed by atoms with Crippen molar-refractivity contribution in [3.63, 3.8) is 0 Å². The summed E-state index contributed by atoms with van der Waals surface area (Å²) in [7, 11) is -1.85. The molecule has 5 heteroatoms. The maximum atomic E-state index is 13.4. The number of nitrogens with zero attached hydrogens (tertiary/aromatic N) is 1. The monoisotopic (exact) mass is 431 g/mol. The predicted octanol–water partition coefficient (Wildman–Crippen LogP) is 5.81. The van der Waals surface area contributed by atoms with E-state index in [0.29, 0.717) is 6.42 Å². The Morgan fingerprint density at radius 3 is 2.10 bits per heavy atom. The smallest absolute Gasteiger partial charge is 0.266 e. The lowest BCUT2D eigenvalue weighted by Gasteiger charge is -2.34. The fourth-order valence-electron chi connectivity index (χ4n) is 4.70. The van der Waals surface area contributed by atoms with E-state index in [1.165, 1.54) is 11.1 Å². The number of amides is 1. The molecule has 0 spiro atoms. The summed E-state index contributed by atoms with van der Waals surface area (Å²) in [5, 5.41) is 0. The van der Waals surface area contributed by atoms with Crippen molar-refractivity contribution in [1.82, 2.24) is 4.90 Å². The Bertz CT molecular complexity index is 836. The second-order valence-electron chi connectivity index (χ2n) is 12.3. The normalized spacial score (nSPS) is 22.1. The number of hydrogen-bond acceptors (Lipinski definition) is 3. The molecule has 0 aromatic heterocycles. The van der Waals surface area contributed by atoms with Gasteiger partial charge in [0, 0.05) is 36.2 Å². The molecule has 0 radical (unpaired) electrons. The molecule has 2 heterocycles. The van der Waals surface area contributed by atoms with Crippen molar-refractivity contribution >= 4 is 14.2 Å². The number of rotatable bonds is 3. The molecular weight excluding hydrogens is 390 g/mol. The van der Waals surface area contributed by atoms with Gasteiger partial charge in [-0.15, -0.1) is 0 Å². The third-order valence-electron chi connectivity index (χ3n) is 6.01. The van der Waals surface area contributed by atoms with Crippen LogP contribution in [0.4, 0.5) is 0 Å². The van der Waals surface area contributed by atoms with Crippen molar-refractivity contribution in [1.29, 1.82) is 0 Å². The molecule has 1 fully saturated rings. The van der Waals surface area contributed by atoms with Crippen LogP contribution < -0.4 is 9.16 Å². The summed E-state index contributed by atoms with van der Waals surface area (Å²) in [4.78, 5) is 15.3. The number of carbonyl (C=O) groups is 1. The van der Waals surface area contributed by atoms with Crippen LogP contribution in [0.2, 0.25) is 19.6 Å². The van der Waals surface area contributed by atoms with Crippen LogP contribution in [0.5, 0.6) is 11.5 Å². The summed E-state index contributed by atoms with van der Waals surface area (Å²) < 4.78 is 13.2. The molecule has 1 amide bonds. The standard InChI is InChI=1S/C25H41NO3Si/c1-23(2,3)18-15-19-17(20(24(4,5)6)21(18)29-30(8,9)10)16-25(7,28-19)22(27)26-13-11-12-14-26/h15H,11-14,16H2,1-10H3. The fraction of sp³-hybridized carbons (Fsp3) is 0.720. The minimum absolute atomic E-state index is 0.0919. The topological polar surface area (TPSA) is 38.8 Å². The van der Waals surface area contributed by atoms with Gasteiger partial charge in [0.05, 0.1) is 0 Å². The molecule has 1 saturated heterocycles. The fourth-order valence-corrected chi connectivity index (χ4v) is 5.52. The van der Waals surface area contributed by atoms with Gasteiger partial charge in [0.1, 0.15) is 11.5 Å². The zero-order chi connectivity index (χ0) is 22.7. The molecule has 0 saturated carbocycles. The lowest BCUT2D eigenvalue weighted by molar-refractivity contribution is -0.144. The van der Waals surface area contributed by atoms with Crippen LogP contribution in [-0.2, 0) is 22.0 Å². The number of hydrogen-bond donors (Lipinski definition) is 0. The van der Waals surface area contributed by atoms with Crippen LogP contribution >= 0.6 is 0 Å². The molecule has 30 heavy (non-hydrogen) atoms. The van der Waals surface area contributed by atoms with Crippen LogP contribution in [-0.4, -0.2) is 37.8 Å². The Kier molecular flexibility index (Phi) is 5.63. The van der Waals surface area contributed by atoms with E-state index in [4.69, 9.17) is 9.16 Å². The first-order valence-electron chi connectivity index (χ1n) is 11.4. The lowest BCUT2D eigenvalue weighted by atomic mass is 9.76. The zero-order valence-corrected chi connectivity index (χ0v) is 21.8. The highest BCUT2D eigenvalue weighted by Crippen LogP contribution is 2.51. The van der Waals surface area contributed by atoms with Crippen LogP contribution in [0.1, 0.15) is 78.0 Å². The van der Waals surface area contributed by atoms with Gasteiger partial charge in [-0.25, -0.2) is 0 Å². The highest BCUT2D eigenvalue weighted by Gasteiger charge is 2.48. The van der Waals surface area contributed by atoms with Gasteiger partial charge in [0.15, 0.2) is 5.60 Å². The molecule has 0 aliphatic carbocycles. The number of carbonyl (C=O) groups excluding carboxylic acids is 1. The molecular formula is C25H41NO3Si. The minimum Gasteiger partial charge on any atom is -0.544 e. The quantitative estimate of drug-likeness (QED) is 0.567. The molecule has 168 valence electrons. The van der Waals surface area contributed by atoms with Gasteiger partial charge in [-0.1, -0.05) is 41.5 Å². The van der Waals surface area contributed by atoms with Gasteiger partial charge in [0.2, 0.25) is 8.32 Å². The lowest BCUT2D eigenvalue weighted by Crippen LogP contribution is -2.49. The molecule has 1 unspecified atom stereocenters. The van der Waals surface area contributed by atoms with Gasteiger partial charge in [-0.05, 0) is 56.3 Å². The van der Waals surface area contributed by atoms with E-state index in [-0.39, 0.29) is 16.7 Å². The third-order valence-corrected chi connectivity index (χ3v) is 6.82. The van der Waals surface area contributed by atoms with E-state index >= 15 is 0 Å². The summed E-state index contributed by atoms with van der Waals surface area (Å²) in [5.41, 5.74) is 2.49. The molecule has 2 aliphatic heterocycles. The minimum atomic E-state index is -1.85. The SMILES string of the molecule is CC1(C(=O)N2CCCC2)Cc2c(cc(C(C)(C)C)c(O[Si](C)(C)C)c2C(C)(C)C)O1. The molecule has 4 nitrogen and oxygen atoms in total. The number of likely N-dealkylation sites (tertiary alicyclic amines) is 1. The highest BCUT2D eigenvalue weighted by atomic mass is 28.4. The first-order valence-corrected chi connectivity index (χ1v) is 14.8. The van der Waals surface area contributed by atoms with Gasteiger partial charge in [0.25, 0.3) is 5.91 Å². The van der Waals surface area contributed by atoms with E-state index in [1.54, 1.807) is 0 Å². The summed E-state index contributed by atoms with van der Waals surface area (Å²) in [5.74, 6) is 2.01. The van der Waals surface area contributed by atoms with Crippen molar-refractivity contribution in [3.8, 4) is 11.5 Å². The molecule has 1 aromatic carbocycles. The van der Waals surface area contributed by atoms with E-state index in [2.05, 4.69) is 67.2 Å². The molecule has 2 aliphatic rings. The van der Waals surface area contributed by atoms with Crippen molar-refractivity contribution in [2.24, 2.45) is 0 Å². The highest BCUT2D eigenvalue weighted by molar-refractivity contribution is 6.70. The van der Waals surface area contributed by atoms with E-state index in [0.717, 1.165) is 43.0 Å². The van der Waals surface area contributed by atoms with Crippen molar-refractivity contribution in [2.45, 2.75) is 104 Å². The van der Waals surface area contributed by atoms with E-state index < -0.39 is 13.9 Å². The second kappa shape index (κ2) is 7.28. The number of benzene rings is 1. The summed E-state index contributed by atoms with van der Waals surface area (Å²) in [6.45, 7) is 23.7. The predicted molar refractivity (Wildman–Crippen MR) is 126 cm³/mol. The van der Waals surface area contributed by atoms with Gasteiger partial charge >= 0.3 is 0 Å². The summed E-state index contributed by atoms with van der Waals surface area (Å²) in [6.07, 6.45) is 2.78. The maximum absolute atomic E-state index is 13.4. The number of ether oxygens (including phenoxy) is 1. The summed E-state index contributed by atoms with van der Waals surface area (Å²) >= 11 is 0. The van der Waals surface area contributed by atoms with Crippen LogP contribution in [0.25, 0.3) is 0 Å². The average Bonchev–Trinajstić information content (AvgIpc) is 3.17. The molecule has 3 rings (SSSR count). The molecule has 0 bridgehead atoms. The van der Waals surface area contributed by atoms with E-state index in [1.807, 2.05) is 11.8 Å². The molecule has 1 aromatic rings. The third kappa shape index (κ3) is 4.41. The van der Waals surface area contributed by atoms with Crippen LogP contribution in [0.3, 0.4) is 0 Å². The maximum Gasteiger partial charge on any atom is 0.266 e. The van der Waals surface area contributed by atoms with E-state index in [9.17, 15) is 4.79 Å². The first kappa shape index (κ1) is 23.2. The Hall–Kier alpha value is -1.49. The largest absolute Gasteiger partial charge is 0.544 e. The summed E-state index contributed by atoms with van der Waals surface area (Å²) in [6, 6.07) is 2.16. The number of fused-ring (bicyclic) bond motifs is 1. The Balaban J connectivity index is 2.19. The van der Waals surface area contributed by atoms with Crippen molar-refractivity contribution < 1.29 is 14.0 Å². The average molecular weight is 432 g/mol. The van der Waals surface area contributed by atoms with Gasteiger partial charge in [-0.3, -0.25) is 4.79 Å². The van der Waals surface area contributed by atoms with Crippen LogP contribution in [0.15, 0.2) is 6.07 Å². The van der Waals surface area contributed by atoms with Gasteiger partial charge in [-0.2, -0.15) is 0 Å². The second-order valence-corrected chi connectivity index (χ2v) is 16.8. The zero-order valence-electron chi connectivity index (χ0n) is 20.8. The Morgan fingerprint density at radius 2 is 1.63 bits per heavy atom. The van der Waals surface area contributed by atoms with Gasteiger partial charge < -0.3 is 14.1 Å². The molecule has 1 atom stereocenters. The van der Waals surface area contributed by atoms with Crippen molar-refractivity contribution in [2.75, 3.05) is 13.1 Å². The Labute approximate surface area is 184 Å². The van der Waals surface area contributed by atoms with Crippen LogP contribution in [0, 0.1) is 0 Å². The first-order chi connectivity index (χ1) is 13.5. The van der Waals surface area contributed by atoms with Crippen molar-refractivity contribution in [3.05, 3.63) is 22.8 Å². The molecule has 0 N–H and O–H groups in total. The Morgan fingerprint density at radius 1 is 1.07 bits per heavy atom.